The van der Waals surface area contributed by atoms with Crippen molar-refractivity contribution in [1.29, 1.82) is 0 Å². The van der Waals surface area contributed by atoms with Crippen LogP contribution in [0, 0.1) is 0 Å². The Labute approximate surface area is 140 Å². The van der Waals surface area contributed by atoms with Crippen LogP contribution in [0.3, 0.4) is 0 Å². The number of nitrogens with one attached hydrogen (secondary N) is 1. The van der Waals surface area contributed by atoms with Crippen molar-refractivity contribution in [3.05, 3.63) is 54.6 Å². The molecule has 2 aromatic carbocycles. The second-order valence-electron chi connectivity index (χ2n) is 4.89. The Bertz CT molecular complexity index is 777. The van der Waals surface area contributed by atoms with E-state index < -0.39 is 15.9 Å². The van der Waals surface area contributed by atoms with Gasteiger partial charge >= 0.3 is 0 Å². The summed E-state index contributed by atoms with van der Waals surface area (Å²) in [5.41, 5.74) is 1.10. The largest absolute Gasteiger partial charge is 0.324 e. The zero-order chi connectivity index (χ0) is 16.9. The van der Waals surface area contributed by atoms with Crippen LogP contribution in [0.15, 0.2) is 59.5 Å². The lowest BCUT2D eigenvalue weighted by Crippen LogP contribution is -2.37. The number of hydrogen-bond donors (Lipinski definition) is 1. The molecule has 0 aliphatic carbocycles. The van der Waals surface area contributed by atoms with E-state index in [-0.39, 0.29) is 6.54 Å². The smallest absolute Gasteiger partial charge is 0.245 e. The molecule has 0 saturated heterocycles. The number of carbonyl (C=O) groups excluding carboxylic acids is 1. The van der Waals surface area contributed by atoms with Crippen molar-refractivity contribution >= 4 is 39.1 Å². The monoisotopic (exact) mass is 350 g/mol. The van der Waals surface area contributed by atoms with Gasteiger partial charge in [-0.3, -0.25) is 9.10 Å². The summed E-state index contributed by atoms with van der Waals surface area (Å²) >= 11 is 1.57. The first kappa shape index (κ1) is 17.4. The Morgan fingerprint density at radius 3 is 2.43 bits per heavy atom. The van der Waals surface area contributed by atoms with Crippen molar-refractivity contribution < 1.29 is 13.2 Å². The van der Waals surface area contributed by atoms with E-state index in [1.54, 1.807) is 48.2 Å². The Balaban J connectivity index is 2.15. The topological polar surface area (TPSA) is 66.5 Å². The third-order valence-electron chi connectivity index (χ3n) is 3.09. The van der Waals surface area contributed by atoms with Gasteiger partial charge in [-0.2, -0.15) is 0 Å². The SMILES string of the molecule is CSc1cccc(NC(=O)CN(c2ccccc2)S(C)(=O)=O)c1. The van der Waals surface area contributed by atoms with E-state index in [2.05, 4.69) is 5.32 Å². The molecule has 5 nitrogen and oxygen atoms in total. The Kier molecular flexibility index (Phi) is 5.68. The molecule has 2 aromatic rings. The van der Waals surface area contributed by atoms with Gasteiger partial charge in [0.2, 0.25) is 15.9 Å². The Morgan fingerprint density at radius 1 is 1.13 bits per heavy atom. The van der Waals surface area contributed by atoms with Crippen LogP contribution in [-0.2, 0) is 14.8 Å². The van der Waals surface area contributed by atoms with Gasteiger partial charge in [-0.15, -0.1) is 11.8 Å². The highest BCUT2D eigenvalue weighted by molar-refractivity contribution is 7.98. The molecule has 23 heavy (non-hydrogen) atoms. The first-order chi connectivity index (χ1) is 10.9. The number of anilines is 2. The number of benzene rings is 2. The molecular weight excluding hydrogens is 332 g/mol. The maximum Gasteiger partial charge on any atom is 0.245 e. The van der Waals surface area contributed by atoms with Crippen molar-refractivity contribution in [2.75, 3.05) is 28.7 Å². The van der Waals surface area contributed by atoms with Crippen molar-refractivity contribution in [3.8, 4) is 0 Å². The molecule has 0 spiro atoms. The fraction of sp³-hybridized carbons (Fsp3) is 0.188. The summed E-state index contributed by atoms with van der Waals surface area (Å²) in [6.07, 6.45) is 3.03. The van der Waals surface area contributed by atoms with Gasteiger partial charge in [-0.25, -0.2) is 8.42 Å². The van der Waals surface area contributed by atoms with Gasteiger partial charge in [0.05, 0.1) is 11.9 Å². The van der Waals surface area contributed by atoms with Crippen LogP contribution >= 0.6 is 11.8 Å². The van der Waals surface area contributed by atoms with Crippen molar-refractivity contribution in [2.45, 2.75) is 4.90 Å². The van der Waals surface area contributed by atoms with Crippen molar-refractivity contribution in [3.63, 3.8) is 0 Å². The van der Waals surface area contributed by atoms with Gasteiger partial charge in [0.25, 0.3) is 0 Å². The lowest BCUT2D eigenvalue weighted by atomic mass is 10.3. The second kappa shape index (κ2) is 7.52. The molecule has 0 bridgehead atoms. The average molecular weight is 350 g/mol. The standard InChI is InChI=1S/C16H18N2O3S2/c1-22-15-10-6-7-13(11-15)17-16(19)12-18(23(2,20)21)14-8-4-3-5-9-14/h3-11H,12H2,1-2H3,(H,17,19). The number of nitrogens with zero attached hydrogens (tertiary/aromatic N) is 1. The highest BCUT2D eigenvalue weighted by atomic mass is 32.2. The van der Waals surface area contributed by atoms with E-state index in [0.717, 1.165) is 15.5 Å². The fourth-order valence-corrected chi connectivity index (χ4v) is 3.34. The van der Waals surface area contributed by atoms with Crippen LogP contribution in [0.5, 0.6) is 0 Å². The third-order valence-corrected chi connectivity index (χ3v) is 4.95. The van der Waals surface area contributed by atoms with Gasteiger partial charge in [-0.1, -0.05) is 24.3 Å². The number of para-hydroxylation sites is 1. The molecule has 0 aliphatic heterocycles. The maximum absolute atomic E-state index is 12.2. The molecular formula is C16H18N2O3S2. The molecule has 0 unspecified atom stereocenters. The first-order valence-corrected chi connectivity index (χ1v) is 9.94. The summed E-state index contributed by atoms with van der Waals surface area (Å²) in [7, 11) is -3.55. The molecule has 7 heteroatoms. The number of thioether (sulfide) groups is 1. The zero-order valence-electron chi connectivity index (χ0n) is 12.9. The van der Waals surface area contributed by atoms with Crippen molar-refractivity contribution in [1.82, 2.24) is 0 Å². The van der Waals surface area contributed by atoms with E-state index in [0.29, 0.717) is 11.4 Å². The van der Waals surface area contributed by atoms with Crippen LogP contribution in [0.2, 0.25) is 0 Å². The van der Waals surface area contributed by atoms with E-state index in [1.807, 2.05) is 24.5 Å². The third kappa shape index (κ3) is 5.01. The molecule has 0 aromatic heterocycles. The zero-order valence-corrected chi connectivity index (χ0v) is 14.5. The van der Waals surface area contributed by atoms with E-state index in [1.165, 1.54) is 0 Å². The molecule has 0 radical (unpaired) electrons. The predicted molar refractivity (Wildman–Crippen MR) is 95.5 cm³/mol. The van der Waals surface area contributed by atoms with Gasteiger partial charge in [0.15, 0.2) is 0 Å². The summed E-state index contributed by atoms with van der Waals surface area (Å²) in [5.74, 6) is -0.391. The van der Waals surface area contributed by atoms with Gasteiger partial charge in [-0.05, 0) is 36.6 Å². The number of sulfonamides is 1. The predicted octanol–water partition coefficient (Wildman–Crippen LogP) is 2.81. The van der Waals surface area contributed by atoms with Crippen LogP contribution in [-0.4, -0.2) is 33.4 Å². The summed E-state index contributed by atoms with van der Waals surface area (Å²) in [6, 6.07) is 15.9. The quantitative estimate of drug-likeness (QED) is 0.814. The van der Waals surface area contributed by atoms with Gasteiger partial charge < -0.3 is 5.32 Å². The van der Waals surface area contributed by atoms with Gasteiger partial charge in [0.1, 0.15) is 6.54 Å². The normalized spacial score (nSPS) is 11.0. The molecule has 0 fully saturated rings. The minimum atomic E-state index is -3.55. The van der Waals surface area contributed by atoms with Gasteiger partial charge in [0, 0.05) is 10.6 Å². The maximum atomic E-state index is 12.2. The highest BCUT2D eigenvalue weighted by Gasteiger charge is 2.20. The first-order valence-electron chi connectivity index (χ1n) is 6.87. The van der Waals surface area contributed by atoms with Crippen LogP contribution in [0.1, 0.15) is 0 Å². The molecule has 0 saturated carbocycles. The lowest BCUT2D eigenvalue weighted by Gasteiger charge is -2.21. The Hall–Kier alpha value is -1.99. The minimum absolute atomic E-state index is 0.271. The summed E-state index contributed by atoms with van der Waals surface area (Å²) in [5, 5.41) is 2.73. The minimum Gasteiger partial charge on any atom is -0.324 e. The average Bonchev–Trinajstić information content (AvgIpc) is 2.52. The van der Waals surface area contributed by atoms with Crippen LogP contribution in [0.25, 0.3) is 0 Å². The summed E-state index contributed by atoms with van der Waals surface area (Å²) < 4.78 is 25.0. The highest BCUT2D eigenvalue weighted by Crippen LogP contribution is 2.20. The van der Waals surface area contributed by atoms with Crippen LogP contribution < -0.4 is 9.62 Å². The molecule has 0 atom stereocenters. The summed E-state index contributed by atoms with van der Waals surface area (Å²) in [6.45, 7) is -0.271. The number of carbonyl (C=O) groups is 1. The number of amides is 1. The summed E-state index contributed by atoms with van der Waals surface area (Å²) in [4.78, 5) is 13.2. The van der Waals surface area contributed by atoms with E-state index in [9.17, 15) is 13.2 Å². The van der Waals surface area contributed by atoms with Crippen molar-refractivity contribution in [2.24, 2.45) is 0 Å². The lowest BCUT2D eigenvalue weighted by molar-refractivity contribution is -0.114. The molecule has 0 aliphatic rings. The molecule has 1 N–H and O–H groups in total. The number of rotatable bonds is 6. The molecule has 1 amide bonds. The Morgan fingerprint density at radius 2 is 1.83 bits per heavy atom. The molecule has 122 valence electrons. The fourth-order valence-electron chi connectivity index (χ4n) is 2.03. The van der Waals surface area contributed by atoms with Crippen LogP contribution in [0.4, 0.5) is 11.4 Å². The van der Waals surface area contributed by atoms with E-state index >= 15 is 0 Å². The second-order valence-corrected chi connectivity index (χ2v) is 7.67. The molecule has 0 heterocycles. The molecule has 2 rings (SSSR count). The number of hydrogen-bond acceptors (Lipinski definition) is 4. The van der Waals surface area contributed by atoms with E-state index in [4.69, 9.17) is 0 Å².